The maximum absolute atomic E-state index is 16.3. The van der Waals surface area contributed by atoms with Crippen LogP contribution in [0.4, 0.5) is 22.4 Å². The summed E-state index contributed by atoms with van der Waals surface area (Å²) in [7, 11) is -2.59. The number of rotatable bonds is 11. The Bertz CT molecular complexity index is 2120. The smallest absolute Gasteiger partial charge is 0.408 e. The Morgan fingerprint density at radius 2 is 1.78 bits per heavy atom. The van der Waals surface area contributed by atoms with Gasteiger partial charge in [-0.2, -0.15) is 8.78 Å². The maximum Gasteiger partial charge on any atom is 0.408 e. The van der Waals surface area contributed by atoms with Gasteiger partial charge >= 0.3 is 6.09 Å². The molecule has 59 heavy (non-hydrogen) atoms. The first kappa shape index (κ1) is 43.0. The minimum Gasteiger partial charge on any atom is -0.497 e. The molecule has 5 aliphatic rings. The van der Waals surface area contributed by atoms with Gasteiger partial charge in [0.25, 0.3) is 5.92 Å². The second-order valence-electron chi connectivity index (χ2n) is 17.7. The van der Waals surface area contributed by atoms with E-state index in [2.05, 4.69) is 15.3 Å². The van der Waals surface area contributed by atoms with E-state index < -0.39 is 135 Å². The highest BCUT2D eigenvalue weighted by Gasteiger charge is 2.66. The molecule has 4 fully saturated rings. The van der Waals surface area contributed by atoms with Crippen LogP contribution in [0.5, 0.6) is 11.6 Å². The van der Waals surface area contributed by atoms with Gasteiger partial charge in [0.15, 0.2) is 27.1 Å². The Morgan fingerprint density at radius 1 is 1.05 bits per heavy atom. The molecule has 2 aromatic rings. The molecule has 1 saturated heterocycles. The van der Waals surface area contributed by atoms with Gasteiger partial charge in [0.1, 0.15) is 29.8 Å². The maximum atomic E-state index is 16.3. The van der Waals surface area contributed by atoms with Gasteiger partial charge < -0.3 is 24.4 Å². The van der Waals surface area contributed by atoms with Crippen molar-refractivity contribution in [2.45, 2.75) is 133 Å². The van der Waals surface area contributed by atoms with E-state index in [-0.39, 0.29) is 36.3 Å². The van der Waals surface area contributed by atoms with E-state index in [1.54, 1.807) is 26.8 Å². The van der Waals surface area contributed by atoms with E-state index in [1.165, 1.54) is 26.2 Å². The monoisotopic (exact) mass is 852 g/mol. The van der Waals surface area contributed by atoms with Crippen molar-refractivity contribution in [3.63, 3.8) is 0 Å². The van der Waals surface area contributed by atoms with Crippen LogP contribution in [0.3, 0.4) is 0 Å². The molecule has 0 radical (unpaired) electrons. The molecule has 18 heteroatoms. The lowest BCUT2D eigenvalue weighted by molar-refractivity contribution is -0.142. The Labute approximate surface area is 340 Å². The van der Waals surface area contributed by atoms with Gasteiger partial charge in [-0.15, -0.1) is 0 Å². The van der Waals surface area contributed by atoms with Gasteiger partial charge in [0.05, 0.1) is 35.5 Å². The largest absolute Gasteiger partial charge is 0.497 e. The first-order chi connectivity index (χ1) is 27.7. The van der Waals surface area contributed by atoms with Crippen LogP contribution in [0, 0.1) is 29.1 Å². The second-order valence-corrected chi connectivity index (χ2v) is 20.2. The summed E-state index contributed by atoms with van der Waals surface area (Å²) in [6.07, 6.45) is -4.96. The molecule has 0 spiro atoms. The van der Waals surface area contributed by atoms with Crippen molar-refractivity contribution < 1.29 is 59.4 Å². The minimum absolute atomic E-state index is 0.0425. The number of benzene rings is 1. The number of hydrogen-bond donors (Lipinski definition) is 1. The van der Waals surface area contributed by atoms with Crippen LogP contribution >= 0.6 is 0 Å². The van der Waals surface area contributed by atoms with E-state index in [0.29, 0.717) is 37.9 Å². The van der Waals surface area contributed by atoms with Crippen molar-refractivity contribution in [1.82, 2.24) is 20.2 Å². The van der Waals surface area contributed by atoms with E-state index in [4.69, 9.17) is 14.2 Å². The number of nitrogens with one attached hydrogen (secondary N) is 1. The standard InChI is InChI=1S/C41H52F4N4O9S/c1-6-24-30-19-49(33(24)28(50)18-40(17-25(40)35(42)43)31(51)20-59(54,55)39(4)13-14-39)37(52)32(21(2)3)48-38(53)58-29-15-22(29)9-7-8-12-41(44,45)34-36(57-30)47-27-16-23(56-5)10-11-26(27)46-34/h10-11,16,21-22,24-25,29-30,32-33,35H,6-9,12-15,17-20H2,1-5H3,(H,48,53)/t22-,24-,25+,29-,30+,32+,33+,40-/m1/s1. The van der Waals surface area contributed by atoms with Crippen LogP contribution in [0.1, 0.15) is 97.6 Å². The number of sulfone groups is 1. The van der Waals surface area contributed by atoms with Crippen LogP contribution in [-0.2, 0) is 34.9 Å². The van der Waals surface area contributed by atoms with E-state index in [0.717, 1.165) is 4.90 Å². The summed E-state index contributed by atoms with van der Waals surface area (Å²) in [4.78, 5) is 66.3. The van der Waals surface area contributed by atoms with Gasteiger partial charge in [-0.1, -0.05) is 27.2 Å². The number of ketones is 2. The molecule has 1 aromatic carbocycles. The fourth-order valence-corrected chi connectivity index (χ4v) is 10.7. The van der Waals surface area contributed by atoms with Crippen molar-refractivity contribution >= 4 is 44.4 Å². The van der Waals surface area contributed by atoms with Crippen LogP contribution < -0.4 is 14.8 Å². The highest BCUT2D eigenvalue weighted by molar-refractivity contribution is 7.93. The lowest BCUT2D eigenvalue weighted by Gasteiger charge is -2.32. The third-order valence-corrected chi connectivity index (χ3v) is 15.8. The number of alkyl carbamates (subject to hydrolysis) is 1. The van der Waals surface area contributed by atoms with Crippen molar-refractivity contribution in [3.05, 3.63) is 23.9 Å². The van der Waals surface area contributed by atoms with Crippen LogP contribution in [0.15, 0.2) is 18.2 Å². The molecule has 3 heterocycles. The topological polar surface area (TPSA) is 171 Å². The molecule has 3 aliphatic carbocycles. The minimum atomic E-state index is -4.02. The van der Waals surface area contributed by atoms with Gasteiger partial charge in [-0.3, -0.25) is 14.4 Å². The molecule has 1 N–H and O–H groups in total. The second kappa shape index (κ2) is 15.7. The molecule has 7 rings (SSSR count). The van der Waals surface area contributed by atoms with Crippen LogP contribution in [0.25, 0.3) is 11.0 Å². The zero-order chi connectivity index (χ0) is 42.8. The molecule has 1 aromatic heterocycles. The predicted octanol–water partition coefficient (Wildman–Crippen LogP) is 6.19. The predicted molar refractivity (Wildman–Crippen MR) is 205 cm³/mol. The number of amides is 2. The zero-order valence-electron chi connectivity index (χ0n) is 33.8. The summed E-state index contributed by atoms with van der Waals surface area (Å²) in [6.45, 7) is 6.15. The van der Waals surface area contributed by atoms with Crippen molar-refractivity contribution in [1.29, 1.82) is 0 Å². The first-order valence-corrected chi connectivity index (χ1v) is 22.1. The fraction of sp³-hybridized carbons (Fsp3) is 0.707. The summed E-state index contributed by atoms with van der Waals surface area (Å²) in [5.41, 5.74) is -2.39. The number of carbonyl (C=O) groups excluding carboxylic acids is 4. The highest BCUT2D eigenvalue weighted by Crippen LogP contribution is 2.60. The Morgan fingerprint density at radius 3 is 2.41 bits per heavy atom. The number of fused-ring (bicyclic) bond motifs is 5. The summed E-state index contributed by atoms with van der Waals surface area (Å²) in [5, 5.41) is 2.65. The number of ether oxygens (including phenoxy) is 3. The molecule has 2 aliphatic heterocycles. The zero-order valence-corrected chi connectivity index (χ0v) is 34.7. The van der Waals surface area contributed by atoms with Gasteiger partial charge in [0, 0.05) is 36.2 Å². The van der Waals surface area contributed by atoms with Gasteiger partial charge in [-0.05, 0) is 75.8 Å². The number of hydrogen-bond acceptors (Lipinski definition) is 11. The quantitative estimate of drug-likeness (QED) is 0.256. The SMILES string of the molecule is CC[C@@H]1[C@@H]2CN(C(=O)[C@H](C(C)C)NC(=O)O[C@@H]3C[C@H]3CCCCC(F)(F)c3nc4ccc(OC)cc4nc3O2)[C@@H]1C(=O)C[C@]1(C(=O)CS(=O)(=O)C2(C)CC2)C[C@H]1C(F)F. The molecule has 324 valence electrons. The normalized spacial score (nSPS) is 31.6. The number of aromatic nitrogens is 2. The lowest BCUT2D eigenvalue weighted by atomic mass is 9.84. The molecule has 8 atom stereocenters. The van der Waals surface area contributed by atoms with Crippen LogP contribution in [0.2, 0.25) is 0 Å². The Hall–Kier alpha value is -4.09. The van der Waals surface area contributed by atoms with Gasteiger partial charge in [-0.25, -0.2) is 32.0 Å². The van der Waals surface area contributed by atoms with Crippen LogP contribution in [-0.4, -0.2) is 102 Å². The van der Waals surface area contributed by atoms with E-state index >= 15 is 8.78 Å². The average molecular weight is 853 g/mol. The third-order valence-electron chi connectivity index (χ3n) is 13.3. The molecular formula is C41H52F4N4O9S. The van der Waals surface area contributed by atoms with Gasteiger partial charge in [0.2, 0.25) is 18.2 Å². The number of nitrogens with zero attached hydrogens (tertiary/aromatic N) is 3. The van der Waals surface area contributed by atoms with E-state index in [9.17, 15) is 36.4 Å². The summed E-state index contributed by atoms with van der Waals surface area (Å²) in [5.74, 6) is -10.3. The van der Waals surface area contributed by atoms with E-state index in [1.807, 2.05) is 0 Å². The number of methoxy groups -OCH3 is 1. The molecule has 2 bridgehead atoms. The highest BCUT2D eigenvalue weighted by atomic mass is 32.2. The number of Topliss-reactive ketones (excluding diaryl/α,β-unsaturated/α-hetero) is 2. The number of halogens is 4. The van der Waals surface area contributed by atoms with Crippen molar-refractivity contribution in [2.75, 3.05) is 19.4 Å². The first-order valence-electron chi connectivity index (χ1n) is 20.5. The summed E-state index contributed by atoms with van der Waals surface area (Å²) in [6, 6.07) is 1.87. The average Bonchev–Trinajstić information content (AvgIpc) is 4.13. The fourth-order valence-electron chi connectivity index (χ4n) is 8.95. The molecule has 2 amide bonds. The number of alkyl halides is 4. The van der Waals surface area contributed by atoms with Crippen molar-refractivity contribution in [2.24, 2.45) is 29.1 Å². The lowest BCUT2D eigenvalue weighted by Crippen LogP contribution is -2.55. The molecule has 3 saturated carbocycles. The number of carbonyl (C=O) groups is 4. The molecule has 0 unspecified atom stereocenters. The summed E-state index contributed by atoms with van der Waals surface area (Å²) < 4.78 is 104. The Balaban J connectivity index is 1.29. The Kier molecular flexibility index (Phi) is 11.5. The summed E-state index contributed by atoms with van der Waals surface area (Å²) >= 11 is 0. The molecular weight excluding hydrogens is 801 g/mol. The molecule has 13 nitrogen and oxygen atoms in total. The third kappa shape index (κ3) is 8.35. The van der Waals surface area contributed by atoms with Crippen molar-refractivity contribution in [3.8, 4) is 11.6 Å².